The average molecular weight is 343 g/mol. The highest BCUT2D eigenvalue weighted by molar-refractivity contribution is 5.99. The average Bonchev–Trinajstić information content (AvgIpc) is 3.22. The van der Waals surface area contributed by atoms with Crippen LogP contribution >= 0.6 is 0 Å². The molecule has 0 saturated carbocycles. The van der Waals surface area contributed by atoms with Crippen LogP contribution in [0.25, 0.3) is 11.0 Å². The van der Waals surface area contributed by atoms with Crippen molar-refractivity contribution in [3.63, 3.8) is 0 Å². The molecule has 1 amide bonds. The van der Waals surface area contributed by atoms with Crippen molar-refractivity contribution in [1.82, 2.24) is 5.32 Å². The van der Waals surface area contributed by atoms with Crippen LogP contribution in [-0.2, 0) is 4.79 Å². The molecule has 0 saturated heterocycles. The van der Waals surface area contributed by atoms with Crippen molar-refractivity contribution in [3.05, 3.63) is 53.7 Å². The molecule has 0 aliphatic rings. The van der Waals surface area contributed by atoms with Crippen LogP contribution in [0.5, 0.6) is 5.75 Å². The molecule has 2 N–H and O–H groups in total. The number of carbonyl (C=O) groups excluding carboxylic acids is 1. The van der Waals surface area contributed by atoms with Gasteiger partial charge >= 0.3 is 5.97 Å². The summed E-state index contributed by atoms with van der Waals surface area (Å²) in [6, 6.07) is 7.75. The Bertz CT molecular complexity index is 909. The van der Waals surface area contributed by atoms with Crippen LogP contribution < -0.4 is 10.1 Å². The van der Waals surface area contributed by atoms with E-state index in [0.717, 1.165) is 5.39 Å². The summed E-state index contributed by atoms with van der Waals surface area (Å²) in [5.74, 6) is -0.438. The molecule has 130 valence electrons. The number of furan rings is 2. The Morgan fingerprint density at radius 3 is 2.76 bits per heavy atom. The molecule has 0 spiro atoms. The number of aryl methyl sites for hydroxylation is 1. The molecule has 0 unspecified atom stereocenters. The Morgan fingerprint density at radius 2 is 2.12 bits per heavy atom. The van der Waals surface area contributed by atoms with Gasteiger partial charge in [0, 0.05) is 17.0 Å². The second-order valence-electron chi connectivity index (χ2n) is 5.56. The van der Waals surface area contributed by atoms with E-state index in [-0.39, 0.29) is 12.2 Å². The maximum absolute atomic E-state index is 12.6. The standard InChI is InChI=1S/C18H17NO6/c1-10-12-6-5-11(23-2)8-15(12)25-17(10)18(22)19-13(9-16(20)21)14-4-3-7-24-14/h3-8,13H,9H2,1-2H3,(H,19,22)(H,20,21)/t13-/m1/s1. The predicted molar refractivity (Wildman–Crippen MR) is 88.7 cm³/mol. The van der Waals surface area contributed by atoms with Crippen molar-refractivity contribution in [1.29, 1.82) is 0 Å². The summed E-state index contributed by atoms with van der Waals surface area (Å²) in [4.78, 5) is 23.7. The summed E-state index contributed by atoms with van der Waals surface area (Å²) in [5.41, 5.74) is 1.19. The molecular formula is C18H17NO6. The molecule has 3 rings (SSSR count). The van der Waals surface area contributed by atoms with Crippen LogP contribution in [0, 0.1) is 6.92 Å². The molecule has 25 heavy (non-hydrogen) atoms. The fraction of sp³-hybridized carbons (Fsp3) is 0.222. The Kier molecular flexibility index (Phi) is 4.47. The van der Waals surface area contributed by atoms with E-state index in [9.17, 15) is 9.59 Å². The topological polar surface area (TPSA) is 102 Å². The number of amides is 1. The van der Waals surface area contributed by atoms with E-state index in [1.165, 1.54) is 6.26 Å². The Balaban J connectivity index is 1.90. The number of carbonyl (C=O) groups is 2. The lowest BCUT2D eigenvalue weighted by atomic mass is 10.1. The highest BCUT2D eigenvalue weighted by Crippen LogP contribution is 2.29. The van der Waals surface area contributed by atoms with Crippen LogP contribution in [0.2, 0.25) is 0 Å². The van der Waals surface area contributed by atoms with E-state index in [0.29, 0.717) is 22.7 Å². The fourth-order valence-electron chi connectivity index (χ4n) is 2.66. The molecule has 2 heterocycles. The number of carboxylic acids is 1. The van der Waals surface area contributed by atoms with Crippen LogP contribution in [-0.4, -0.2) is 24.1 Å². The zero-order valence-corrected chi connectivity index (χ0v) is 13.7. The minimum absolute atomic E-state index is 0.130. The van der Waals surface area contributed by atoms with Gasteiger partial charge in [-0.1, -0.05) is 0 Å². The number of methoxy groups -OCH3 is 1. The monoisotopic (exact) mass is 343 g/mol. The Hall–Kier alpha value is -3.22. The first-order valence-corrected chi connectivity index (χ1v) is 7.62. The maximum Gasteiger partial charge on any atom is 0.305 e. The van der Waals surface area contributed by atoms with Gasteiger partial charge in [-0.05, 0) is 31.2 Å². The van der Waals surface area contributed by atoms with E-state index < -0.39 is 17.9 Å². The second-order valence-corrected chi connectivity index (χ2v) is 5.56. The molecule has 3 aromatic rings. The van der Waals surface area contributed by atoms with Gasteiger partial charge in [0.1, 0.15) is 17.1 Å². The predicted octanol–water partition coefficient (Wildman–Crippen LogP) is 3.29. The molecule has 0 aliphatic carbocycles. The van der Waals surface area contributed by atoms with E-state index in [1.807, 2.05) is 6.07 Å². The number of hydrogen-bond donors (Lipinski definition) is 2. The van der Waals surface area contributed by atoms with Gasteiger partial charge in [0.05, 0.1) is 25.8 Å². The molecule has 1 aromatic carbocycles. The normalized spacial score (nSPS) is 12.1. The number of fused-ring (bicyclic) bond motifs is 1. The number of hydrogen-bond acceptors (Lipinski definition) is 5. The fourth-order valence-corrected chi connectivity index (χ4v) is 2.66. The van der Waals surface area contributed by atoms with Gasteiger partial charge in [-0.2, -0.15) is 0 Å². The van der Waals surface area contributed by atoms with Gasteiger partial charge in [0.25, 0.3) is 5.91 Å². The summed E-state index contributed by atoms with van der Waals surface area (Å²) in [6.07, 6.45) is 1.13. The molecular weight excluding hydrogens is 326 g/mol. The maximum atomic E-state index is 12.6. The zero-order chi connectivity index (χ0) is 18.0. The lowest BCUT2D eigenvalue weighted by Crippen LogP contribution is -2.30. The third-order valence-electron chi connectivity index (χ3n) is 3.92. The SMILES string of the molecule is COc1ccc2c(C)c(C(=O)N[C@H](CC(=O)O)c3ccco3)oc2c1. The quantitative estimate of drug-likeness (QED) is 0.712. The number of nitrogens with one attached hydrogen (secondary N) is 1. The van der Waals surface area contributed by atoms with E-state index in [1.54, 1.807) is 38.3 Å². The molecule has 7 nitrogen and oxygen atoms in total. The van der Waals surface area contributed by atoms with Gasteiger partial charge in [-0.15, -0.1) is 0 Å². The smallest absolute Gasteiger partial charge is 0.305 e. The van der Waals surface area contributed by atoms with E-state index in [2.05, 4.69) is 5.32 Å². The summed E-state index contributed by atoms with van der Waals surface area (Å²) >= 11 is 0. The van der Waals surface area contributed by atoms with Crippen LogP contribution in [0.3, 0.4) is 0 Å². The molecule has 2 aromatic heterocycles. The minimum Gasteiger partial charge on any atom is -0.497 e. The van der Waals surface area contributed by atoms with Gasteiger partial charge in [0.2, 0.25) is 0 Å². The molecule has 0 aliphatic heterocycles. The first kappa shape index (κ1) is 16.6. The van der Waals surface area contributed by atoms with E-state index in [4.69, 9.17) is 18.7 Å². The van der Waals surface area contributed by atoms with Crippen molar-refractivity contribution >= 4 is 22.8 Å². The summed E-state index contributed by atoms with van der Waals surface area (Å²) in [6.45, 7) is 1.77. The largest absolute Gasteiger partial charge is 0.497 e. The number of rotatable bonds is 6. The first-order valence-electron chi connectivity index (χ1n) is 7.62. The second kappa shape index (κ2) is 6.72. The molecule has 0 bridgehead atoms. The van der Waals surface area contributed by atoms with Crippen molar-refractivity contribution in [2.45, 2.75) is 19.4 Å². The van der Waals surface area contributed by atoms with Gasteiger partial charge in [0.15, 0.2) is 5.76 Å². The molecule has 0 radical (unpaired) electrons. The lowest BCUT2D eigenvalue weighted by molar-refractivity contribution is -0.137. The van der Waals surface area contributed by atoms with Crippen molar-refractivity contribution in [2.24, 2.45) is 0 Å². The minimum atomic E-state index is -1.05. The number of benzene rings is 1. The third kappa shape index (κ3) is 3.35. The molecule has 1 atom stereocenters. The van der Waals surface area contributed by atoms with Crippen molar-refractivity contribution in [2.75, 3.05) is 7.11 Å². The van der Waals surface area contributed by atoms with Crippen molar-refractivity contribution < 1.29 is 28.3 Å². The van der Waals surface area contributed by atoms with Crippen LogP contribution in [0.4, 0.5) is 0 Å². The van der Waals surface area contributed by atoms with Gasteiger partial charge in [-0.3, -0.25) is 9.59 Å². The number of ether oxygens (including phenoxy) is 1. The summed E-state index contributed by atoms with van der Waals surface area (Å²) in [5, 5.41) is 12.5. The van der Waals surface area contributed by atoms with Crippen molar-refractivity contribution in [3.8, 4) is 5.75 Å². The van der Waals surface area contributed by atoms with Crippen LogP contribution in [0.15, 0.2) is 45.4 Å². The zero-order valence-electron chi connectivity index (χ0n) is 13.7. The van der Waals surface area contributed by atoms with E-state index >= 15 is 0 Å². The molecule has 0 fully saturated rings. The number of aliphatic carboxylic acids is 1. The highest BCUT2D eigenvalue weighted by Gasteiger charge is 2.25. The Labute approximate surface area is 143 Å². The van der Waals surface area contributed by atoms with Gasteiger partial charge in [-0.25, -0.2) is 0 Å². The van der Waals surface area contributed by atoms with Gasteiger partial charge < -0.3 is 24.0 Å². The number of carboxylic acid groups (broad SMARTS) is 1. The lowest BCUT2D eigenvalue weighted by Gasteiger charge is -2.13. The third-order valence-corrected chi connectivity index (χ3v) is 3.92. The summed E-state index contributed by atoms with van der Waals surface area (Å²) in [7, 11) is 1.55. The Morgan fingerprint density at radius 1 is 1.32 bits per heavy atom. The first-order chi connectivity index (χ1) is 12.0. The molecule has 7 heteroatoms. The van der Waals surface area contributed by atoms with Crippen LogP contribution in [0.1, 0.15) is 34.3 Å². The highest BCUT2D eigenvalue weighted by atomic mass is 16.5. The summed E-state index contributed by atoms with van der Waals surface area (Å²) < 4.78 is 16.0.